The fourth-order valence-corrected chi connectivity index (χ4v) is 6.49. The summed E-state index contributed by atoms with van der Waals surface area (Å²) in [6.45, 7) is 6.69. The molecule has 0 aliphatic carbocycles. The Bertz CT molecular complexity index is 1750. The number of imidazole rings is 2. The number of aromatic nitrogens is 6. The van der Waals surface area contributed by atoms with Gasteiger partial charge in [0.05, 0.1) is 18.4 Å². The van der Waals surface area contributed by atoms with Gasteiger partial charge in [-0.1, -0.05) is 36.3 Å². The van der Waals surface area contributed by atoms with E-state index in [0.29, 0.717) is 49.1 Å². The number of rotatable bonds is 8. The molecular weight excluding hydrogens is 542 g/mol. The van der Waals surface area contributed by atoms with Crippen LogP contribution in [0.2, 0.25) is 0 Å². The highest BCUT2D eigenvalue weighted by molar-refractivity contribution is 5.75. The maximum Gasteiger partial charge on any atom is 0.332 e. The van der Waals surface area contributed by atoms with E-state index in [1.165, 1.54) is 9.13 Å². The van der Waals surface area contributed by atoms with Crippen molar-refractivity contribution < 1.29 is 0 Å². The molecule has 0 amide bonds. The topological polar surface area (TPSA) is 123 Å². The zero-order valence-electron chi connectivity index (χ0n) is 25.1. The number of nitrogens with two attached hydrogens (primary N) is 1. The summed E-state index contributed by atoms with van der Waals surface area (Å²) >= 11 is 0. The predicted octanol–water partition coefficient (Wildman–Crippen LogP) is 2.51. The zero-order valence-corrected chi connectivity index (χ0v) is 25.1. The summed E-state index contributed by atoms with van der Waals surface area (Å²) in [7, 11) is 1.69. The maximum absolute atomic E-state index is 13.8. The first-order valence-electron chi connectivity index (χ1n) is 15.4. The summed E-state index contributed by atoms with van der Waals surface area (Å²) < 4.78 is 4.73. The summed E-state index contributed by atoms with van der Waals surface area (Å²) in [6.07, 6.45) is 6.61. The van der Waals surface area contributed by atoms with Crippen LogP contribution in [-0.4, -0.2) is 72.3 Å². The number of nitrogens with one attached hydrogen (secondary N) is 1. The van der Waals surface area contributed by atoms with Gasteiger partial charge in [0.25, 0.3) is 5.56 Å². The second-order valence-electron chi connectivity index (χ2n) is 11.8. The molecule has 0 radical (unpaired) electrons. The van der Waals surface area contributed by atoms with E-state index < -0.39 is 0 Å². The van der Waals surface area contributed by atoms with Crippen LogP contribution in [0.15, 0.2) is 46.1 Å². The van der Waals surface area contributed by atoms with Crippen LogP contribution < -0.4 is 21.9 Å². The van der Waals surface area contributed by atoms with Crippen LogP contribution in [0.5, 0.6) is 0 Å². The van der Waals surface area contributed by atoms with Gasteiger partial charge >= 0.3 is 5.69 Å². The number of anilines is 1. The Morgan fingerprint density at radius 1 is 1.05 bits per heavy atom. The number of nitrogens with zero attached hydrogens (tertiary/aromatic N) is 7. The second kappa shape index (κ2) is 12.6. The number of fused-ring (bicyclic) bond motifs is 1. The molecule has 2 aliphatic rings. The molecule has 11 heteroatoms. The molecule has 0 spiro atoms. The van der Waals surface area contributed by atoms with Gasteiger partial charge < -0.3 is 20.5 Å². The summed E-state index contributed by atoms with van der Waals surface area (Å²) in [5.41, 5.74) is 8.63. The lowest BCUT2D eigenvalue weighted by Crippen LogP contribution is -2.44. The van der Waals surface area contributed by atoms with E-state index in [1.54, 1.807) is 14.0 Å². The highest BCUT2D eigenvalue weighted by Crippen LogP contribution is 2.28. The van der Waals surface area contributed by atoms with Crippen molar-refractivity contribution in [2.24, 2.45) is 12.8 Å². The molecule has 3 aromatic heterocycles. The SMILES string of the molecule is CC#CCn1c(N2CCC[C@@H](N)C2)nc2c1c(=O)n(CCCN1CCC(c3ncc(-c4ccccc4)[nH]3)CC1)c(=O)n2C. The van der Waals surface area contributed by atoms with Crippen molar-refractivity contribution in [1.29, 1.82) is 0 Å². The molecule has 0 bridgehead atoms. The minimum atomic E-state index is -0.337. The van der Waals surface area contributed by atoms with E-state index in [0.717, 1.165) is 68.9 Å². The van der Waals surface area contributed by atoms with Crippen LogP contribution in [0, 0.1) is 11.8 Å². The molecule has 11 nitrogen and oxygen atoms in total. The van der Waals surface area contributed by atoms with Gasteiger partial charge in [0, 0.05) is 38.6 Å². The molecule has 1 atom stereocenters. The van der Waals surface area contributed by atoms with E-state index in [4.69, 9.17) is 10.7 Å². The van der Waals surface area contributed by atoms with Gasteiger partial charge in [0.1, 0.15) is 5.82 Å². The number of piperidine rings is 2. The van der Waals surface area contributed by atoms with Gasteiger partial charge in [-0.05, 0) is 64.2 Å². The van der Waals surface area contributed by atoms with Crippen LogP contribution in [-0.2, 0) is 20.1 Å². The zero-order chi connectivity index (χ0) is 29.9. The van der Waals surface area contributed by atoms with E-state index in [2.05, 4.69) is 43.7 Å². The Balaban J connectivity index is 1.14. The lowest BCUT2D eigenvalue weighted by molar-refractivity contribution is 0.204. The summed E-state index contributed by atoms with van der Waals surface area (Å²) in [4.78, 5) is 44.7. The van der Waals surface area contributed by atoms with Crippen molar-refractivity contribution in [2.45, 2.75) is 64.1 Å². The number of hydrogen-bond acceptors (Lipinski definition) is 7. The average molecular weight is 584 g/mol. The first-order valence-corrected chi connectivity index (χ1v) is 15.4. The quantitative estimate of drug-likeness (QED) is 0.306. The third-order valence-electron chi connectivity index (χ3n) is 8.88. The van der Waals surface area contributed by atoms with Crippen molar-refractivity contribution >= 4 is 17.1 Å². The van der Waals surface area contributed by atoms with E-state index in [9.17, 15) is 9.59 Å². The first kappa shape index (κ1) is 29.0. The molecule has 2 fully saturated rings. The predicted molar refractivity (Wildman–Crippen MR) is 169 cm³/mol. The van der Waals surface area contributed by atoms with Crippen molar-refractivity contribution in [1.82, 2.24) is 33.6 Å². The minimum absolute atomic E-state index is 0.0515. The number of aryl methyl sites for hydroxylation is 1. The van der Waals surface area contributed by atoms with Crippen LogP contribution in [0.25, 0.3) is 22.4 Å². The average Bonchev–Trinajstić information content (AvgIpc) is 3.68. The Morgan fingerprint density at radius 2 is 1.84 bits per heavy atom. The van der Waals surface area contributed by atoms with Gasteiger partial charge in [-0.25, -0.2) is 9.78 Å². The molecule has 0 saturated carbocycles. The highest BCUT2D eigenvalue weighted by atomic mass is 16.2. The second-order valence-corrected chi connectivity index (χ2v) is 11.8. The molecule has 43 heavy (non-hydrogen) atoms. The fraction of sp³-hybridized carbons (Fsp3) is 0.500. The van der Waals surface area contributed by atoms with Crippen molar-refractivity contribution in [3.63, 3.8) is 0 Å². The molecule has 2 saturated heterocycles. The van der Waals surface area contributed by atoms with Gasteiger partial charge in [0.2, 0.25) is 5.95 Å². The van der Waals surface area contributed by atoms with E-state index >= 15 is 0 Å². The third-order valence-corrected chi connectivity index (χ3v) is 8.88. The molecule has 0 unspecified atom stereocenters. The molecule has 6 rings (SSSR count). The van der Waals surface area contributed by atoms with Gasteiger partial charge in [0.15, 0.2) is 11.2 Å². The molecule has 2 aliphatic heterocycles. The van der Waals surface area contributed by atoms with Crippen molar-refractivity contribution in [3.8, 4) is 23.1 Å². The standard InChI is InChI=1S/C32H41N9O2/c1-3-4-17-40-27-29(36-31(40)39-16-8-12-25(33)22-39)37(2)32(43)41(30(27)42)18-9-15-38-19-13-24(14-20-38)28-34-21-26(35-28)23-10-6-5-7-11-23/h5-7,10-11,21,24-25H,8-9,12-20,22,33H2,1-2H3,(H,34,35)/t25-/m1/s1. The minimum Gasteiger partial charge on any atom is -0.342 e. The van der Waals surface area contributed by atoms with Gasteiger partial charge in [-0.3, -0.25) is 18.5 Å². The number of benzene rings is 1. The van der Waals surface area contributed by atoms with Crippen LogP contribution >= 0.6 is 0 Å². The fourth-order valence-electron chi connectivity index (χ4n) is 6.49. The number of likely N-dealkylation sites (tertiary alicyclic amines) is 1. The van der Waals surface area contributed by atoms with Gasteiger partial charge in [-0.2, -0.15) is 4.98 Å². The normalized spacial score (nSPS) is 18.2. The molecule has 226 valence electrons. The number of aromatic amines is 1. The number of hydrogen-bond donors (Lipinski definition) is 2. The summed E-state index contributed by atoms with van der Waals surface area (Å²) in [6, 6.07) is 10.3. The van der Waals surface area contributed by atoms with Gasteiger partial charge in [-0.15, -0.1) is 5.92 Å². The lowest BCUT2D eigenvalue weighted by Gasteiger charge is -2.31. The van der Waals surface area contributed by atoms with Crippen LogP contribution in [0.4, 0.5) is 5.95 Å². The van der Waals surface area contributed by atoms with E-state index in [-0.39, 0.29) is 17.3 Å². The van der Waals surface area contributed by atoms with Crippen molar-refractivity contribution in [2.75, 3.05) is 37.6 Å². The summed E-state index contributed by atoms with van der Waals surface area (Å²) in [5, 5.41) is 0. The highest BCUT2D eigenvalue weighted by Gasteiger charge is 2.27. The maximum atomic E-state index is 13.8. The monoisotopic (exact) mass is 583 g/mol. The molecule has 1 aromatic carbocycles. The Hall–Kier alpha value is -4.14. The van der Waals surface area contributed by atoms with Crippen LogP contribution in [0.3, 0.4) is 0 Å². The Labute approximate surface area is 251 Å². The Kier molecular flexibility index (Phi) is 8.49. The molecule has 3 N–H and O–H groups in total. The first-order chi connectivity index (χ1) is 20.9. The van der Waals surface area contributed by atoms with E-state index in [1.807, 2.05) is 29.0 Å². The number of H-pyrrole nitrogens is 1. The van der Waals surface area contributed by atoms with Crippen LogP contribution in [0.1, 0.15) is 50.8 Å². The smallest absolute Gasteiger partial charge is 0.332 e. The molecule has 4 aromatic rings. The lowest BCUT2D eigenvalue weighted by atomic mass is 9.96. The third kappa shape index (κ3) is 5.90. The molecule has 5 heterocycles. The largest absolute Gasteiger partial charge is 0.342 e. The van der Waals surface area contributed by atoms with Crippen molar-refractivity contribution in [3.05, 3.63) is 63.2 Å². The summed E-state index contributed by atoms with van der Waals surface area (Å²) in [5.74, 6) is 8.14. The molecular formula is C32H41N9O2. The Morgan fingerprint density at radius 3 is 2.58 bits per heavy atom.